The van der Waals surface area contributed by atoms with Crippen molar-refractivity contribution >= 4 is 34.8 Å². The molecule has 1 heterocycles. The summed E-state index contributed by atoms with van der Waals surface area (Å²) in [6, 6.07) is 4.13. The van der Waals surface area contributed by atoms with Gasteiger partial charge in [0.1, 0.15) is 5.75 Å². The molecule has 1 amide bonds. The van der Waals surface area contributed by atoms with Gasteiger partial charge in [0.25, 0.3) is 5.91 Å². The average Bonchev–Trinajstić information content (AvgIpc) is 2.67. The lowest BCUT2D eigenvalue weighted by Crippen LogP contribution is -2.45. The van der Waals surface area contributed by atoms with Crippen molar-refractivity contribution in [3.05, 3.63) is 69.0 Å². The number of rotatable bonds is 5. The van der Waals surface area contributed by atoms with Gasteiger partial charge in [-0.3, -0.25) is 4.79 Å². The Morgan fingerprint density at radius 1 is 1.38 bits per heavy atom. The van der Waals surface area contributed by atoms with Gasteiger partial charge >= 0.3 is 6.18 Å². The molecule has 0 saturated carbocycles. The summed E-state index contributed by atoms with van der Waals surface area (Å²) in [6.07, 6.45) is 0.333. The first-order chi connectivity index (χ1) is 13.8. The van der Waals surface area contributed by atoms with E-state index in [1.807, 2.05) is 0 Å². The Bertz CT molecular complexity index is 937. The van der Waals surface area contributed by atoms with E-state index in [1.165, 1.54) is 24.7 Å². The van der Waals surface area contributed by atoms with E-state index in [2.05, 4.69) is 5.32 Å². The highest BCUT2D eigenvalue weighted by molar-refractivity contribution is 8.06. The van der Waals surface area contributed by atoms with Gasteiger partial charge in [0.15, 0.2) is 0 Å². The first-order valence-corrected chi connectivity index (χ1v) is 9.80. The summed E-state index contributed by atoms with van der Waals surface area (Å²) in [5.74, 6) is -0.810. The number of amides is 1. The zero-order valence-electron chi connectivity index (χ0n) is 15.2. The number of benzene rings is 1. The van der Waals surface area contributed by atoms with Gasteiger partial charge in [-0.2, -0.15) is 13.2 Å². The van der Waals surface area contributed by atoms with Crippen molar-refractivity contribution in [2.24, 2.45) is 5.92 Å². The Morgan fingerprint density at radius 3 is 2.79 bits per heavy atom. The number of halogens is 4. The molecule has 1 aliphatic carbocycles. The number of thioether (sulfide) groups is 1. The van der Waals surface area contributed by atoms with Gasteiger partial charge in [0.05, 0.1) is 30.2 Å². The number of hydrogen-bond donors (Lipinski definition) is 2. The van der Waals surface area contributed by atoms with Crippen LogP contribution in [0.2, 0.25) is 5.02 Å². The van der Waals surface area contributed by atoms with Crippen molar-refractivity contribution in [3.63, 3.8) is 0 Å². The number of carbonyl (C=O) groups is 1. The lowest BCUT2D eigenvalue weighted by molar-refractivity contribution is -0.117. The molecule has 2 atom stereocenters. The Hall–Kier alpha value is -2.16. The predicted molar refractivity (Wildman–Crippen MR) is 107 cm³/mol. The van der Waals surface area contributed by atoms with Crippen LogP contribution in [0.15, 0.2) is 58.4 Å². The lowest BCUT2D eigenvalue weighted by Gasteiger charge is -2.35. The maximum Gasteiger partial charge on any atom is 0.416 e. The van der Waals surface area contributed by atoms with Gasteiger partial charge in [-0.25, -0.2) is 0 Å². The van der Waals surface area contributed by atoms with Crippen molar-refractivity contribution < 1.29 is 27.8 Å². The molecular weight excluding hydrogens is 427 g/mol. The minimum absolute atomic E-state index is 0.213. The molecule has 0 saturated heterocycles. The quantitative estimate of drug-likeness (QED) is 0.705. The summed E-state index contributed by atoms with van der Waals surface area (Å²) >= 11 is 7.15. The van der Waals surface area contributed by atoms with E-state index < -0.39 is 29.6 Å². The minimum atomic E-state index is -4.52. The van der Waals surface area contributed by atoms with Crippen molar-refractivity contribution in [1.82, 2.24) is 5.32 Å². The first kappa shape index (κ1) is 21.5. The summed E-state index contributed by atoms with van der Waals surface area (Å²) in [5, 5.41) is 13.6. The average molecular weight is 444 g/mol. The zero-order valence-corrected chi connectivity index (χ0v) is 16.7. The van der Waals surface area contributed by atoms with E-state index in [0.717, 1.165) is 23.9 Å². The summed E-state index contributed by atoms with van der Waals surface area (Å²) in [6.45, 7) is -0.232. The van der Waals surface area contributed by atoms with Gasteiger partial charge in [0.2, 0.25) is 0 Å². The first-order valence-electron chi connectivity index (χ1n) is 8.55. The van der Waals surface area contributed by atoms with E-state index in [0.29, 0.717) is 21.9 Å². The molecule has 0 radical (unpaired) electrons. The molecular formula is C20H17ClF3NO3S. The highest BCUT2D eigenvalue weighted by Crippen LogP contribution is 2.46. The predicted octanol–water partition coefficient (Wildman–Crippen LogP) is 4.47. The molecule has 1 aliphatic heterocycles. The van der Waals surface area contributed by atoms with Gasteiger partial charge in [0, 0.05) is 16.5 Å². The topological polar surface area (TPSA) is 58.6 Å². The van der Waals surface area contributed by atoms with Gasteiger partial charge < -0.3 is 15.2 Å². The van der Waals surface area contributed by atoms with Crippen LogP contribution in [-0.4, -0.2) is 36.9 Å². The second-order valence-electron chi connectivity index (χ2n) is 6.26. The third kappa shape index (κ3) is 4.55. The van der Waals surface area contributed by atoms with Crippen LogP contribution in [0.3, 0.4) is 0 Å². The number of allylic oxidation sites excluding steroid dienone is 2. The number of aliphatic hydroxyl groups is 1. The third-order valence-electron chi connectivity index (χ3n) is 4.48. The fraction of sp³-hybridized carbons (Fsp3) is 0.250. The number of fused-ring (bicyclic) bond motifs is 1. The highest BCUT2D eigenvalue weighted by atomic mass is 35.5. The standard InChI is InChI=1S/C20H17ClF3NO3S/c1-28-16-6-4-12(21)10-14(16)17-13-9-11(20(22,23)24)3-5-15(13)25-19(27)18(17)29-8-2-7-26/h2-6,8-10,13,15,26H,7H2,1H3,(H,25,27)/b8-2+. The SMILES string of the molecule is COc1ccc(Cl)cc1C1=C(S/C=C/CO)C(=O)NC2C=CC(C(F)(F)F)=CC12. The van der Waals surface area contributed by atoms with E-state index in [-0.39, 0.29) is 11.5 Å². The van der Waals surface area contributed by atoms with E-state index in [4.69, 9.17) is 21.4 Å². The Kier molecular flexibility index (Phi) is 6.45. The second-order valence-corrected chi connectivity index (χ2v) is 7.62. The second kappa shape index (κ2) is 8.69. The van der Waals surface area contributed by atoms with Crippen LogP contribution >= 0.6 is 23.4 Å². The van der Waals surface area contributed by atoms with Crippen LogP contribution in [0, 0.1) is 5.92 Å². The monoisotopic (exact) mass is 443 g/mol. The van der Waals surface area contributed by atoms with Crippen LogP contribution in [0.4, 0.5) is 13.2 Å². The number of alkyl halides is 3. The number of ether oxygens (including phenoxy) is 1. The van der Waals surface area contributed by atoms with Crippen LogP contribution in [0.25, 0.3) is 5.57 Å². The molecule has 29 heavy (non-hydrogen) atoms. The van der Waals surface area contributed by atoms with Gasteiger partial charge in [-0.15, -0.1) is 0 Å². The Labute approximate surface area is 174 Å². The Balaban J connectivity index is 2.24. The van der Waals surface area contributed by atoms with Crippen LogP contribution < -0.4 is 10.1 Å². The third-order valence-corrected chi connectivity index (χ3v) is 5.68. The van der Waals surface area contributed by atoms with Crippen molar-refractivity contribution in [1.29, 1.82) is 0 Å². The van der Waals surface area contributed by atoms with E-state index in [1.54, 1.807) is 18.2 Å². The van der Waals surface area contributed by atoms with E-state index in [9.17, 15) is 18.0 Å². The molecule has 2 N–H and O–H groups in total. The van der Waals surface area contributed by atoms with Crippen molar-refractivity contribution in [2.75, 3.05) is 13.7 Å². The summed E-state index contributed by atoms with van der Waals surface area (Å²) in [7, 11) is 1.43. The molecule has 0 aromatic heterocycles. The number of hydrogen-bond acceptors (Lipinski definition) is 4. The smallest absolute Gasteiger partial charge is 0.416 e. The normalized spacial score (nSPS) is 21.9. The number of nitrogens with one attached hydrogen (secondary N) is 1. The molecule has 0 spiro atoms. The molecule has 9 heteroatoms. The fourth-order valence-corrected chi connectivity index (χ4v) is 4.26. The number of carbonyl (C=O) groups excluding carboxylic acids is 1. The summed E-state index contributed by atoms with van der Waals surface area (Å²) in [4.78, 5) is 13.0. The maximum atomic E-state index is 13.3. The van der Waals surface area contributed by atoms with Crippen molar-refractivity contribution in [3.8, 4) is 5.75 Å². The Morgan fingerprint density at radius 2 is 2.14 bits per heavy atom. The maximum absolute atomic E-state index is 13.3. The molecule has 3 rings (SSSR count). The van der Waals surface area contributed by atoms with Crippen molar-refractivity contribution in [2.45, 2.75) is 12.2 Å². The molecule has 0 fully saturated rings. The summed E-state index contributed by atoms with van der Waals surface area (Å²) < 4.78 is 45.4. The van der Waals surface area contributed by atoms with Crippen LogP contribution in [0.5, 0.6) is 5.75 Å². The number of aliphatic hydroxyl groups excluding tert-OH is 1. The minimum Gasteiger partial charge on any atom is -0.496 e. The molecule has 154 valence electrons. The highest BCUT2D eigenvalue weighted by Gasteiger charge is 2.41. The van der Waals surface area contributed by atoms with Crippen LogP contribution in [-0.2, 0) is 4.79 Å². The van der Waals surface area contributed by atoms with Gasteiger partial charge in [-0.1, -0.05) is 47.7 Å². The lowest BCUT2D eigenvalue weighted by atomic mass is 9.79. The van der Waals surface area contributed by atoms with Gasteiger partial charge in [-0.05, 0) is 29.2 Å². The molecule has 2 unspecified atom stereocenters. The largest absolute Gasteiger partial charge is 0.496 e. The zero-order chi connectivity index (χ0) is 21.2. The molecule has 0 bridgehead atoms. The summed E-state index contributed by atoms with van der Waals surface area (Å²) in [5.41, 5.74) is 0.0401. The van der Waals surface area contributed by atoms with Crippen LogP contribution in [0.1, 0.15) is 5.56 Å². The molecule has 1 aromatic rings. The molecule has 4 nitrogen and oxygen atoms in total. The number of methoxy groups -OCH3 is 1. The van der Waals surface area contributed by atoms with E-state index >= 15 is 0 Å². The molecule has 1 aromatic carbocycles. The molecule has 2 aliphatic rings. The fourth-order valence-electron chi connectivity index (χ4n) is 3.23.